The van der Waals surface area contributed by atoms with Crippen LogP contribution in [0.4, 0.5) is 5.69 Å². The standard InChI is InChI=1S/C23H23N3OS/c1-4-16(3)26-14-17(19-7-5-6-8-20(19)26)13-21-22(27)25-23(28-21)24-18-11-9-15(2)10-12-18/h5-14,16H,4H2,1-3H3,(H,24,25,27)/b21-13+/t16-/m0/s1. The second-order valence-electron chi connectivity index (χ2n) is 7.08. The molecule has 1 aromatic heterocycles. The second-order valence-corrected chi connectivity index (χ2v) is 8.11. The van der Waals surface area contributed by atoms with Crippen LogP contribution in [0.25, 0.3) is 17.0 Å². The minimum Gasteiger partial charge on any atom is -0.344 e. The Balaban J connectivity index is 1.68. The van der Waals surface area contributed by atoms with E-state index in [1.807, 2.05) is 43.3 Å². The third-order valence-corrected chi connectivity index (χ3v) is 5.95. The molecule has 0 saturated carbocycles. The zero-order valence-corrected chi connectivity index (χ0v) is 17.1. The third-order valence-electron chi connectivity index (χ3n) is 5.04. The highest BCUT2D eigenvalue weighted by atomic mass is 32.2. The lowest BCUT2D eigenvalue weighted by atomic mass is 10.1. The average molecular weight is 390 g/mol. The molecule has 1 saturated heterocycles. The fraction of sp³-hybridized carbons (Fsp3) is 0.217. The first-order valence-electron chi connectivity index (χ1n) is 9.51. The summed E-state index contributed by atoms with van der Waals surface area (Å²) in [6.07, 6.45) is 5.17. The number of benzene rings is 2. The van der Waals surface area contributed by atoms with Crippen LogP contribution in [0.3, 0.4) is 0 Å². The molecule has 1 N–H and O–H groups in total. The normalized spacial score (nSPS) is 18.2. The summed E-state index contributed by atoms with van der Waals surface area (Å²) in [6, 6.07) is 16.7. The van der Waals surface area contributed by atoms with E-state index < -0.39 is 0 Å². The zero-order valence-electron chi connectivity index (χ0n) is 16.3. The van der Waals surface area contributed by atoms with Crippen molar-refractivity contribution in [2.75, 3.05) is 0 Å². The van der Waals surface area contributed by atoms with Crippen molar-refractivity contribution in [2.24, 2.45) is 4.99 Å². The van der Waals surface area contributed by atoms with Gasteiger partial charge >= 0.3 is 0 Å². The Morgan fingerprint density at radius 3 is 2.68 bits per heavy atom. The van der Waals surface area contributed by atoms with Gasteiger partial charge in [-0.15, -0.1) is 0 Å². The van der Waals surface area contributed by atoms with Crippen LogP contribution in [0, 0.1) is 6.92 Å². The summed E-state index contributed by atoms with van der Waals surface area (Å²) in [5.41, 5.74) is 4.28. The molecule has 1 aliphatic heterocycles. The van der Waals surface area contributed by atoms with Crippen LogP contribution in [-0.4, -0.2) is 15.6 Å². The molecule has 2 heterocycles. The topological polar surface area (TPSA) is 46.4 Å². The highest BCUT2D eigenvalue weighted by Crippen LogP contribution is 2.32. The summed E-state index contributed by atoms with van der Waals surface area (Å²) in [7, 11) is 0. The number of thioether (sulfide) groups is 1. The molecule has 0 spiro atoms. The molecule has 0 unspecified atom stereocenters. The van der Waals surface area contributed by atoms with Gasteiger partial charge in [-0.25, -0.2) is 4.99 Å². The Hall–Kier alpha value is -2.79. The summed E-state index contributed by atoms with van der Waals surface area (Å²) in [5.74, 6) is -0.101. The number of carbonyl (C=O) groups is 1. The van der Waals surface area contributed by atoms with Gasteiger partial charge < -0.3 is 9.88 Å². The molecule has 0 radical (unpaired) electrons. The lowest BCUT2D eigenvalue weighted by Crippen LogP contribution is -2.19. The molecule has 0 aliphatic carbocycles. The van der Waals surface area contributed by atoms with Crippen molar-refractivity contribution in [3.63, 3.8) is 0 Å². The van der Waals surface area contributed by atoms with E-state index in [0.29, 0.717) is 16.1 Å². The summed E-state index contributed by atoms with van der Waals surface area (Å²) in [5, 5.41) is 4.65. The van der Waals surface area contributed by atoms with E-state index in [4.69, 9.17) is 0 Å². The maximum atomic E-state index is 12.5. The number of carbonyl (C=O) groups excluding carboxylic acids is 1. The molecule has 3 aromatic rings. The number of amides is 1. The largest absolute Gasteiger partial charge is 0.344 e. The lowest BCUT2D eigenvalue weighted by molar-refractivity contribution is -0.115. The SMILES string of the molecule is CC[C@H](C)n1cc(/C=C2/SC(=Nc3ccc(C)cc3)NC2=O)c2ccccc21. The predicted molar refractivity (Wildman–Crippen MR) is 119 cm³/mol. The van der Waals surface area contributed by atoms with E-state index in [1.54, 1.807) is 0 Å². The van der Waals surface area contributed by atoms with Crippen LogP contribution in [0.1, 0.15) is 37.4 Å². The van der Waals surface area contributed by atoms with Gasteiger partial charge in [0.05, 0.1) is 10.6 Å². The first-order valence-corrected chi connectivity index (χ1v) is 10.3. The van der Waals surface area contributed by atoms with E-state index in [0.717, 1.165) is 23.1 Å². The number of fused-ring (bicyclic) bond motifs is 1. The highest BCUT2D eigenvalue weighted by molar-refractivity contribution is 8.18. The Bertz CT molecular complexity index is 1090. The van der Waals surface area contributed by atoms with Crippen molar-refractivity contribution in [3.05, 3.63) is 70.8 Å². The number of para-hydroxylation sites is 1. The quantitative estimate of drug-likeness (QED) is 0.572. The van der Waals surface area contributed by atoms with Gasteiger partial charge in [-0.1, -0.05) is 42.8 Å². The van der Waals surface area contributed by atoms with Gasteiger partial charge in [0.1, 0.15) is 0 Å². The van der Waals surface area contributed by atoms with Crippen molar-refractivity contribution in [1.82, 2.24) is 9.88 Å². The number of rotatable bonds is 4. The average Bonchev–Trinajstić information content (AvgIpc) is 3.24. The highest BCUT2D eigenvalue weighted by Gasteiger charge is 2.24. The van der Waals surface area contributed by atoms with E-state index in [2.05, 4.69) is 53.1 Å². The minimum atomic E-state index is -0.101. The van der Waals surface area contributed by atoms with Crippen LogP contribution < -0.4 is 5.32 Å². The summed E-state index contributed by atoms with van der Waals surface area (Å²) in [4.78, 5) is 17.7. The van der Waals surface area contributed by atoms with Crippen LogP contribution in [-0.2, 0) is 4.79 Å². The van der Waals surface area contributed by atoms with Gasteiger partial charge in [0.25, 0.3) is 5.91 Å². The van der Waals surface area contributed by atoms with Crippen molar-refractivity contribution in [1.29, 1.82) is 0 Å². The van der Waals surface area contributed by atoms with E-state index in [-0.39, 0.29) is 5.91 Å². The number of amidine groups is 1. The summed E-state index contributed by atoms with van der Waals surface area (Å²) < 4.78 is 2.29. The van der Waals surface area contributed by atoms with Crippen LogP contribution in [0.2, 0.25) is 0 Å². The first-order chi connectivity index (χ1) is 13.5. The van der Waals surface area contributed by atoms with E-state index in [1.165, 1.54) is 22.8 Å². The number of hydrogen-bond donors (Lipinski definition) is 1. The maximum Gasteiger partial charge on any atom is 0.264 e. The predicted octanol–water partition coefficient (Wildman–Crippen LogP) is 5.81. The first kappa shape index (κ1) is 18.6. The summed E-state index contributed by atoms with van der Waals surface area (Å²) in [6.45, 7) is 6.44. The molecule has 1 fully saturated rings. The molecule has 1 atom stereocenters. The van der Waals surface area contributed by atoms with Crippen LogP contribution >= 0.6 is 11.8 Å². The van der Waals surface area contributed by atoms with Crippen molar-refractivity contribution in [3.8, 4) is 0 Å². The number of hydrogen-bond acceptors (Lipinski definition) is 3. The smallest absolute Gasteiger partial charge is 0.264 e. The minimum absolute atomic E-state index is 0.101. The van der Waals surface area contributed by atoms with Gasteiger partial charge in [0.2, 0.25) is 0 Å². The molecule has 1 amide bonds. The van der Waals surface area contributed by atoms with Crippen molar-refractivity contribution in [2.45, 2.75) is 33.2 Å². The Morgan fingerprint density at radius 1 is 1.18 bits per heavy atom. The molecule has 142 valence electrons. The molecular formula is C23H23N3OS. The molecule has 1 aliphatic rings. The molecular weight excluding hydrogens is 366 g/mol. The maximum absolute atomic E-state index is 12.5. The van der Waals surface area contributed by atoms with Crippen LogP contribution in [0.15, 0.2) is 64.6 Å². The Labute approximate surface area is 169 Å². The zero-order chi connectivity index (χ0) is 19.7. The number of aliphatic imine (C=N–C) groups is 1. The van der Waals surface area contributed by atoms with Gasteiger partial charge in [0.15, 0.2) is 5.17 Å². The van der Waals surface area contributed by atoms with Gasteiger partial charge in [-0.3, -0.25) is 4.79 Å². The van der Waals surface area contributed by atoms with Gasteiger partial charge in [-0.2, -0.15) is 0 Å². The number of nitrogens with one attached hydrogen (secondary N) is 1. The second kappa shape index (κ2) is 7.68. The van der Waals surface area contributed by atoms with E-state index >= 15 is 0 Å². The molecule has 4 rings (SSSR count). The molecule has 28 heavy (non-hydrogen) atoms. The number of nitrogens with zero attached hydrogens (tertiary/aromatic N) is 2. The molecule has 4 nitrogen and oxygen atoms in total. The van der Waals surface area contributed by atoms with Crippen LogP contribution in [0.5, 0.6) is 0 Å². The number of aromatic nitrogens is 1. The third kappa shape index (κ3) is 3.62. The Kier molecular flexibility index (Phi) is 5.09. The van der Waals surface area contributed by atoms with E-state index in [9.17, 15) is 4.79 Å². The summed E-state index contributed by atoms with van der Waals surface area (Å²) >= 11 is 1.39. The monoisotopic (exact) mass is 389 g/mol. The molecule has 2 aromatic carbocycles. The molecule has 5 heteroatoms. The van der Waals surface area contributed by atoms with Crippen molar-refractivity contribution >= 4 is 45.5 Å². The van der Waals surface area contributed by atoms with Crippen molar-refractivity contribution < 1.29 is 4.79 Å². The molecule has 0 bridgehead atoms. The lowest BCUT2D eigenvalue weighted by Gasteiger charge is -2.12. The number of aryl methyl sites for hydroxylation is 1. The van der Waals surface area contributed by atoms with Gasteiger partial charge in [0, 0.05) is 28.7 Å². The fourth-order valence-corrected chi connectivity index (χ4v) is 4.10. The Morgan fingerprint density at radius 2 is 1.93 bits per heavy atom. The van der Waals surface area contributed by atoms with Gasteiger partial charge in [-0.05, 0) is 56.3 Å². The fourth-order valence-electron chi connectivity index (χ4n) is 3.27.